The van der Waals surface area contributed by atoms with Crippen LogP contribution in [-0.4, -0.2) is 33.1 Å². The van der Waals surface area contributed by atoms with E-state index in [0.717, 1.165) is 26.6 Å². The molecule has 0 aliphatic carbocycles. The van der Waals surface area contributed by atoms with Crippen molar-refractivity contribution in [2.75, 3.05) is 11.9 Å². The van der Waals surface area contributed by atoms with E-state index in [1.54, 1.807) is 6.92 Å². The highest BCUT2D eigenvalue weighted by atomic mass is 79.9. The normalized spacial score (nSPS) is 10.5. The zero-order chi connectivity index (χ0) is 18.5. The predicted molar refractivity (Wildman–Crippen MR) is 103 cm³/mol. The molecule has 0 fully saturated rings. The predicted octanol–water partition coefficient (Wildman–Crippen LogP) is 3.78. The first-order valence-corrected chi connectivity index (χ1v) is 10.0. The molecule has 1 N–H and O–H groups in total. The lowest BCUT2D eigenvalue weighted by molar-refractivity contribution is -0.115. The Bertz CT molecular complexity index is 941. The Kier molecular flexibility index (Phi) is 6.07. The van der Waals surface area contributed by atoms with Crippen molar-refractivity contribution in [3.8, 4) is 10.6 Å². The molecule has 2 aromatic heterocycles. The molecule has 0 unspecified atom stereocenters. The van der Waals surface area contributed by atoms with Gasteiger partial charge in [-0.25, -0.2) is 9.78 Å². The number of carbonyl (C=O) groups excluding carboxylic acids is 2. The number of halogens is 1. The number of hydrogen-bond donors (Lipinski definition) is 1. The van der Waals surface area contributed by atoms with Gasteiger partial charge in [-0.1, -0.05) is 32.6 Å². The zero-order valence-corrected chi connectivity index (χ0v) is 16.8. The molecule has 0 saturated carbocycles. The van der Waals surface area contributed by atoms with Crippen molar-refractivity contribution in [1.82, 2.24) is 14.6 Å². The fourth-order valence-corrected chi connectivity index (χ4v) is 3.87. The highest BCUT2D eigenvalue weighted by Gasteiger charge is 2.20. The highest BCUT2D eigenvalue weighted by molar-refractivity contribution is 9.10. The number of benzene rings is 1. The third-order valence-corrected chi connectivity index (χ3v) is 5.25. The average Bonchev–Trinajstić information content (AvgIpc) is 3.24. The summed E-state index contributed by atoms with van der Waals surface area (Å²) in [4.78, 5) is 28.5. The number of amides is 1. The van der Waals surface area contributed by atoms with E-state index in [0.29, 0.717) is 5.69 Å². The molecule has 7 nitrogen and oxygen atoms in total. The van der Waals surface area contributed by atoms with Crippen LogP contribution < -0.4 is 5.32 Å². The van der Waals surface area contributed by atoms with E-state index < -0.39 is 5.97 Å². The number of nitrogens with one attached hydrogen (secondary N) is 1. The van der Waals surface area contributed by atoms with E-state index in [1.807, 2.05) is 29.6 Å². The number of carbonyl (C=O) groups is 2. The summed E-state index contributed by atoms with van der Waals surface area (Å²) in [5.41, 5.74) is 1.64. The molecule has 1 amide bonds. The number of hydrogen-bond acceptors (Lipinski definition) is 8. The van der Waals surface area contributed by atoms with E-state index in [2.05, 4.69) is 35.8 Å². The number of aromatic nitrogens is 3. The number of ether oxygens (including phenoxy) is 1. The van der Waals surface area contributed by atoms with Crippen LogP contribution in [0.25, 0.3) is 10.6 Å². The maximum absolute atomic E-state index is 12.3. The van der Waals surface area contributed by atoms with Crippen LogP contribution in [0.1, 0.15) is 23.1 Å². The molecule has 2 heterocycles. The second kappa shape index (κ2) is 8.47. The van der Waals surface area contributed by atoms with Gasteiger partial charge in [-0.2, -0.15) is 0 Å². The number of rotatable bonds is 6. The Balaban J connectivity index is 1.66. The minimum Gasteiger partial charge on any atom is -0.461 e. The Labute approximate surface area is 165 Å². The zero-order valence-electron chi connectivity index (χ0n) is 13.6. The minimum atomic E-state index is -0.609. The molecule has 1 aromatic carbocycles. The summed E-state index contributed by atoms with van der Waals surface area (Å²) in [5, 5.41) is 9.30. The molecule has 0 atom stereocenters. The van der Waals surface area contributed by atoms with Gasteiger partial charge in [0.25, 0.3) is 0 Å². The Morgan fingerprint density at radius 2 is 2.19 bits per heavy atom. The Morgan fingerprint density at radius 1 is 1.35 bits per heavy atom. The van der Waals surface area contributed by atoms with Crippen molar-refractivity contribution in [1.29, 1.82) is 0 Å². The van der Waals surface area contributed by atoms with Gasteiger partial charge in [-0.3, -0.25) is 4.79 Å². The van der Waals surface area contributed by atoms with Crippen molar-refractivity contribution < 1.29 is 14.3 Å². The first kappa shape index (κ1) is 18.6. The van der Waals surface area contributed by atoms with Gasteiger partial charge in [-0.15, -0.1) is 16.4 Å². The average molecular weight is 453 g/mol. The lowest BCUT2D eigenvalue weighted by atomic mass is 10.2. The van der Waals surface area contributed by atoms with Crippen molar-refractivity contribution in [2.24, 2.45) is 0 Å². The van der Waals surface area contributed by atoms with Gasteiger partial charge >= 0.3 is 5.97 Å². The van der Waals surface area contributed by atoms with Gasteiger partial charge < -0.3 is 10.1 Å². The van der Waals surface area contributed by atoms with E-state index >= 15 is 0 Å². The van der Waals surface area contributed by atoms with Crippen LogP contribution in [0.3, 0.4) is 0 Å². The van der Waals surface area contributed by atoms with Crippen LogP contribution in [0.5, 0.6) is 0 Å². The Morgan fingerprint density at radius 3 is 2.96 bits per heavy atom. The molecule has 0 saturated heterocycles. The first-order chi connectivity index (χ1) is 12.6. The van der Waals surface area contributed by atoms with E-state index in [-0.39, 0.29) is 29.6 Å². The van der Waals surface area contributed by atoms with E-state index in [9.17, 15) is 9.59 Å². The second-order valence-electron chi connectivity index (χ2n) is 5.05. The summed E-state index contributed by atoms with van der Waals surface area (Å²) >= 11 is 5.83. The largest absolute Gasteiger partial charge is 0.461 e. The number of anilines is 1. The summed E-state index contributed by atoms with van der Waals surface area (Å²) in [6, 6.07) is 7.80. The molecule has 134 valence electrons. The second-order valence-corrected chi connectivity index (χ2v) is 7.58. The van der Waals surface area contributed by atoms with Crippen LogP contribution in [0, 0.1) is 0 Å². The van der Waals surface area contributed by atoms with E-state index in [4.69, 9.17) is 4.74 Å². The van der Waals surface area contributed by atoms with Crippen molar-refractivity contribution >= 4 is 55.7 Å². The van der Waals surface area contributed by atoms with Crippen LogP contribution in [0.2, 0.25) is 0 Å². The SMILES string of the molecule is CCOC(=O)c1nnsc1NC(=O)Cc1csc(-c2cccc(Br)c2)n1. The highest BCUT2D eigenvalue weighted by Crippen LogP contribution is 2.26. The molecular formula is C16H13BrN4O3S2. The van der Waals surface area contributed by atoms with Gasteiger partial charge in [0, 0.05) is 26.9 Å². The van der Waals surface area contributed by atoms with Crippen molar-refractivity contribution in [3.05, 3.63) is 45.5 Å². The molecule has 0 aliphatic rings. The molecular weight excluding hydrogens is 440 g/mol. The molecule has 3 rings (SSSR count). The van der Waals surface area contributed by atoms with Crippen LogP contribution in [-0.2, 0) is 16.0 Å². The molecule has 10 heteroatoms. The monoisotopic (exact) mass is 452 g/mol. The maximum Gasteiger partial charge on any atom is 0.362 e. The Hall–Kier alpha value is -2.17. The van der Waals surface area contributed by atoms with Gasteiger partial charge in [0.15, 0.2) is 5.00 Å². The van der Waals surface area contributed by atoms with Gasteiger partial charge in [-0.05, 0) is 19.1 Å². The quantitative estimate of drug-likeness (QED) is 0.571. The first-order valence-electron chi connectivity index (χ1n) is 7.56. The summed E-state index contributed by atoms with van der Waals surface area (Å²) in [5.74, 6) is -0.908. The lowest BCUT2D eigenvalue weighted by Gasteiger charge is -2.03. The van der Waals surface area contributed by atoms with Crippen LogP contribution in [0.15, 0.2) is 34.1 Å². The molecule has 26 heavy (non-hydrogen) atoms. The smallest absolute Gasteiger partial charge is 0.362 e. The minimum absolute atomic E-state index is 0.0123. The fraction of sp³-hybridized carbons (Fsp3) is 0.188. The van der Waals surface area contributed by atoms with Crippen LogP contribution >= 0.6 is 38.8 Å². The van der Waals surface area contributed by atoms with E-state index in [1.165, 1.54) is 11.3 Å². The summed E-state index contributed by atoms with van der Waals surface area (Å²) < 4.78 is 9.55. The summed E-state index contributed by atoms with van der Waals surface area (Å²) in [6.07, 6.45) is 0.0880. The standard InChI is InChI=1S/C16H13BrN4O3S2/c1-2-24-16(23)13-15(26-21-20-13)19-12(22)7-11-8-25-14(18-11)9-4-3-5-10(17)6-9/h3-6,8H,2,7H2,1H3,(H,19,22). The number of thiazole rings is 1. The van der Waals surface area contributed by atoms with Gasteiger partial charge in [0.05, 0.1) is 18.7 Å². The topological polar surface area (TPSA) is 94.1 Å². The summed E-state index contributed by atoms with van der Waals surface area (Å²) in [7, 11) is 0. The third kappa shape index (κ3) is 4.51. The lowest BCUT2D eigenvalue weighted by Crippen LogP contribution is -2.16. The molecule has 0 spiro atoms. The summed E-state index contributed by atoms with van der Waals surface area (Å²) in [6.45, 7) is 1.92. The molecule has 0 bridgehead atoms. The molecule has 3 aromatic rings. The van der Waals surface area contributed by atoms with Crippen molar-refractivity contribution in [3.63, 3.8) is 0 Å². The molecule has 0 radical (unpaired) electrons. The maximum atomic E-state index is 12.3. The number of nitrogens with zero attached hydrogens (tertiary/aromatic N) is 3. The fourth-order valence-electron chi connectivity index (χ4n) is 2.08. The van der Waals surface area contributed by atoms with Crippen molar-refractivity contribution in [2.45, 2.75) is 13.3 Å². The van der Waals surface area contributed by atoms with Crippen LogP contribution in [0.4, 0.5) is 5.00 Å². The van der Waals surface area contributed by atoms with Gasteiger partial charge in [0.1, 0.15) is 5.01 Å². The molecule has 0 aliphatic heterocycles. The third-order valence-electron chi connectivity index (χ3n) is 3.17. The number of esters is 1. The van der Waals surface area contributed by atoms with Gasteiger partial charge in [0.2, 0.25) is 11.6 Å².